The van der Waals surface area contributed by atoms with E-state index in [9.17, 15) is 9.59 Å². The molecule has 1 aliphatic rings. The van der Waals surface area contributed by atoms with Crippen molar-refractivity contribution in [2.75, 3.05) is 11.9 Å². The molecule has 3 N–H and O–H groups in total. The molecule has 1 atom stereocenters. The summed E-state index contributed by atoms with van der Waals surface area (Å²) in [5.41, 5.74) is 1.93. The van der Waals surface area contributed by atoms with Crippen molar-refractivity contribution in [1.82, 2.24) is 10.6 Å². The summed E-state index contributed by atoms with van der Waals surface area (Å²) in [5.74, 6) is 0.159. The van der Waals surface area contributed by atoms with Gasteiger partial charge in [-0.1, -0.05) is 38.3 Å². The molecule has 0 radical (unpaired) electrons. The van der Waals surface area contributed by atoms with Gasteiger partial charge in [-0.2, -0.15) is 0 Å². The van der Waals surface area contributed by atoms with Crippen molar-refractivity contribution in [3.8, 4) is 0 Å². The molecule has 5 nitrogen and oxygen atoms in total. The first-order valence-corrected chi connectivity index (χ1v) is 9.48. The summed E-state index contributed by atoms with van der Waals surface area (Å²) in [5, 5.41) is 9.19. The summed E-state index contributed by atoms with van der Waals surface area (Å²) in [4.78, 5) is 24.5. The predicted octanol–water partition coefficient (Wildman–Crippen LogP) is 3.21. The molecule has 1 saturated carbocycles. The minimum atomic E-state index is -0.153. The lowest BCUT2D eigenvalue weighted by molar-refractivity contribution is -0.126. The third kappa shape index (κ3) is 6.86. The van der Waals surface area contributed by atoms with Crippen LogP contribution in [0, 0.1) is 5.92 Å². The molecule has 0 spiro atoms. The van der Waals surface area contributed by atoms with Gasteiger partial charge in [0.1, 0.15) is 0 Å². The van der Waals surface area contributed by atoms with Gasteiger partial charge < -0.3 is 16.0 Å². The second-order valence-corrected chi connectivity index (χ2v) is 6.98. The molecule has 2 amide bonds. The average molecular weight is 345 g/mol. The maximum Gasteiger partial charge on any atom is 0.226 e. The number of nitrogens with one attached hydrogen (secondary N) is 3. The Morgan fingerprint density at radius 1 is 1.20 bits per heavy atom. The van der Waals surface area contributed by atoms with Crippen molar-refractivity contribution >= 4 is 17.5 Å². The van der Waals surface area contributed by atoms with Crippen LogP contribution in [0.3, 0.4) is 0 Å². The Labute approximate surface area is 151 Å². The number of rotatable bonds is 8. The van der Waals surface area contributed by atoms with Gasteiger partial charge in [-0.15, -0.1) is 0 Å². The van der Waals surface area contributed by atoms with E-state index in [4.69, 9.17) is 0 Å². The summed E-state index contributed by atoms with van der Waals surface area (Å²) < 4.78 is 0. The van der Waals surface area contributed by atoms with E-state index in [-0.39, 0.29) is 30.2 Å². The van der Waals surface area contributed by atoms with Crippen molar-refractivity contribution < 1.29 is 9.59 Å². The van der Waals surface area contributed by atoms with E-state index in [1.165, 1.54) is 6.42 Å². The molecular formula is C20H31N3O2. The van der Waals surface area contributed by atoms with Crippen molar-refractivity contribution in [3.63, 3.8) is 0 Å². The maximum atomic E-state index is 12.2. The van der Waals surface area contributed by atoms with E-state index in [0.29, 0.717) is 0 Å². The van der Waals surface area contributed by atoms with Gasteiger partial charge in [0.25, 0.3) is 0 Å². The van der Waals surface area contributed by atoms with Crippen LogP contribution in [0.25, 0.3) is 0 Å². The largest absolute Gasteiger partial charge is 0.353 e. The molecule has 138 valence electrons. The number of hydrogen-bond acceptors (Lipinski definition) is 3. The Morgan fingerprint density at radius 3 is 2.68 bits per heavy atom. The van der Waals surface area contributed by atoms with Crippen LogP contribution in [-0.4, -0.2) is 24.4 Å². The van der Waals surface area contributed by atoms with Gasteiger partial charge in [-0.05, 0) is 44.0 Å². The van der Waals surface area contributed by atoms with Crippen LogP contribution in [0.15, 0.2) is 24.3 Å². The molecule has 1 aromatic rings. The fraction of sp³-hybridized carbons (Fsp3) is 0.600. The smallest absolute Gasteiger partial charge is 0.226 e. The third-order valence-electron chi connectivity index (χ3n) is 4.65. The number of amides is 2. The normalized spacial score (nSPS) is 16.2. The van der Waals surface area contributed by atoms with E-state index >= 15 is 0 Å². The van der Waals surface area contributed by atoms with Crippen LogP contribution in [0.2, 0.25) is 0 Å². The minimum Gasteiger partial charge on any atom is -0.353 e. The summed E-state index contributed by atoms with van der Waals surface area (Å²) in [6.45, 7) is 5.65. The molecule has 5 heteroatoms. The molecule has 0 saturated heterocycles. The highest BCUT2D eigenvalue weighted by Crippen LogP contribution is 2.23. The van der Waals surface area contributed by atoms with E-state index < -0.39 is 0 Å². The van der Waals surface area contributed by atoms with Crippen molar-refractivity contribution in [1.29, 1.82) is 0 Å². The second-order valence-electron chi connectivity index (χ2n) is 6.98. The van der Waals surface area contributed by atoms with Crippen molar-refractivity contribution in [2.45, 2.75) is 65.0 Å². The number of anilines is 1. The molecule has 1 fully saturated rings. The molecule has 1 aliphatic carbocycles. The highest BCUT2D eigenvalue weighted by Gasteiger charge is 2.22. The van der Waals surface area contributed by atoms with Crippen LogP contribution in [0.4, 0.5) is 5.69 Å². The topological polar surface area (TPSA) is 70.2 Å². The van der Waals surface area contributed by atoms with Crippen LogP contribution in [0.1, 0.15) is 57.9 Å². The summed E-state index contributed by atoms with van der Waals surface area (Å²) >= 11 is 0. The van der Waals surface area contributed by atoms with Gasteiger partial charge >= 0.3 is 0 Å². The lowest BCUT2D eigenvalue weighted by Gasteiger charge is -2.23. The monoisotopic (exact) mass is 345 g/mol. The Balaban J connectivity index is 1.77. The van der Waals surface area contributed by atoms with E-state index in [1.54, 1.807) is 0 Å². The molecule has 0 bridgehead atoms. The van der Waals surface area contributed by atoms with Gasteiger partial charge in [-0.3, -0.25) is 9.59 Å². The zero-order valence-corrected chi connectivity index (χ0v) is 15.4. The Kier molecular flexibility index (Phi) is 7.92. The molecular weight excluding hydrogens is 314 g/mol. The first-order valence-electron chi connectivity index (χ1n) is 9.48. The number of carbonyl (C=O) groups excluding carboxylic acids is 2. The van der Waals surface area contributed by atoms with Gasteiger partial charge in [0.15, 0.2) is 0 Å². The van der Waals surface area contributed by atoms with Crippen LogP contribution < -0.4 is 16.0 Å². The molecule has 2 rings (SSSR count). The van der Waals surface area contributed by atoms with Crippen LogP contribution >= 0.6 is 0 Å². The fourth-order valence-corrected chi connectivity index (χ4v) is 3.30. The van der Waals surface area contributed by atoms with Crippen molar-refractivity contribution in [2.24, 2.45) is 5.92 Å². The van der Waals surface area contributed by atoms with Crippen LogP contribution in [0.5, 0.6) is 0 Å². The highest BCUT2D eigenvalue weighted by molar-refractivity contribution is 5.91. The summed E-state index contributed by atoms with van der Waals surface area (Å²) in [6, 6.07) is 7.69. The zero-order chi connectivity index (χ0) is 18.1. The molecule has 0 heterocycles. The summed E-state index contributed by atoms with van der Waals surface area (Å²) in [6.07, 6.45) is 5.74. The van der Waals surface area contributed by atoms with Gasteiger partial charge in [0.2, 0.25) is 11.8 Å². The lowest BCUT2D eigenvalue weighted by Crippen LogP contribution is -2.39. The van der Waals surface area contributed by atoms with E-state index in [2.05, 4.69) is 22.9 Å². The molecule has 1 unspecified atom stereocenters. The average Bonchev–Trinajstić information content (AvgIpc) is 2.60. The lowest BCUT2D eigenvalue weighted by atomic mass is 9.88. The first kappa shape index (κ1) is 19.4. The Hall–Kier alpha value is -1.88. The molecule has 0 aliphatic heterocycles. The Bertz CT molecular complexity index is 568. The minimum absolute atomic E-state index is 0.0722. The Morgan fingerprint density at radius 2 is 1.96 bits per heavy atom. The summed E-state index contributed by atoms with van der Waals surface area (Å²) in [7, 11) is 0. The standard InChI is InChI=1S/C20H31N3O2/c1-3-21-14-16-8-7-11-18(13-16)23-19(24)12-15(2)22-20(25)17-9-5-4-6-10-17/h7-8,11,13,15,17,21H,3-6,9-10,12,14H2,1-2H3,(H,22,25)(H,23,24). The fourth-order valence-electron chi connectivity index (χ4n) is 3.30. The number of benzene rings is 1. The predicted molar refractivity (Wildman–Crippen MR) is 101 cm³/mol. The number of hydrogen-bond donors (Lipinski definition) is 3. The van der Waals surface area contributed by atoms with Gasteiger partial charge in [0, 0.05) is 30.6 Å². The molecule has 1 aromatic carbocycles. The van der Waals surface area contributed by atoms with Crippen LogP contribution in [-0.2, 0) is 16.1 Å². The molecule has 25 heavy (non-hydrogen) atoms. The van der Waals surface area contributed by atoms with E-state index in [0.717, 1.165) is 50.0 Å². The highest BCUT2D eigenvalue weighted by atomic mass is 16.2. The number of carbonyl (C=O) groups is 2. The second kappa shape index (κ2) is 10.2. The molecule has 0 aromatic heterocycles. The quantitative estimate of drug-likeness (QED) is 0.677. The third-order valence-corrected chi connectivity index (χ3v) is 4.65. The van der Waals surface area contributed by atoms with E-state index in [1.807, 2.05) is 31.2 Å². The SMILES string of the molecule is CCNCc1cccc(NC(=O)CC(C)NC(=O)C2CCCCC2)c1. The first-order chi connectivity index (χ1) is 12.1. The van der Waals surface area contributed by atoms with Gasteiger partial charge in [0.05, 0.1) is 0 Å². The van der Waals surface area contributed by atoms with Crippen molar-refractivity contribution in [3.05, 3.63) is 29.8 Å². The van der Waals surface area contributed by atoms with Gasteiger partial charge in [-0.25, -0.2) is 0 Å². The maximum absolute atomic E-state index is 12.2. The zero-order valence-electron chi connectivity index (χ0n) is 15.4.